The van der Waals surface area contributed by atoms with Gasteiger partial charge in [0.05, 0.1) is 11.7 Å². The fraction of sp³-hybridized carbons (Fsp3) is 0.588. The van der Waals surface area contributed by atoms with Crippen LogP contribution in [0.3, 0.4) is 0 Å². The molecule has 2 aromatic heterocycles. The molecule has 1 spiro atoms. The zero-order valence-corrected chi connectivity index (χ0v) is 15.5. The molecule has 9 heteroatoms. The van der Waals surface area contributed by atoms with Crippen molar-refractivity contribution in [1.29, 1.82) is 0 Å². The van der Waals surface area contributed by atoms with Crippen molar-refractivity contribution in [2.45, 2.75) is 25.7 Å². The molecule has 0 amide bonds. The van der Waals surface area contributed by atoms with Gasteiger partial charge in [-0.25, -0.2) is 12.7 Å². The maximum atomic E-state index is 12.5. The van der Waals surface area contributed by atoms with Gasteiger partial charge in [0, 0.05) is 49.7 Å². The highest BCUT2D eigenvalue weighted by Gasteiger charge is 2.52. The van der Waals surface area contributed by atoms with Crippen LogP contribution in [0.15, 0.2) is 29.0 Å². The fourth-order valence-corrected chi connectivity index (χ4v) is 5.13. The Labute approximate surface area is 152 Å². The van der Waals surface area contributed by atoms with Crippen molar-refractivity contribution in [2.24, 2.45) is 5.41 Å². The summed E-state index contributed by atoms with van der Waals surface area (Å²) in [6.07, 6.45) is 4.95. The van der Waals surface area contributed by atoms with E-state index in [1.807, 2.05) is 12.1 Å². The number of hydrogen-bond donors (Lipinski definition) is 0. The maximum absolute atomic E-state index is 12.5. The second-order valence-corrected chi connectivity index (χ2v) is 9.18. The predicted molar refractivity (Wildman–Crippen MR) is 93.8 cm³/mol. The maximum Gasteiger partial charge on any atom is 0.232 e. The van der Waals surface area contributed by atoms with Crippen molar-refractivity contribution in [3.05, 3.63) is 30.4 Å². The van der Waals surface area contributed by atoms with Gasteiger partial charge < -0.3 is 9.26 Å². The first-order chi connectivity index (χ1) is 12.5. The summed E-state index contributed by atoms with van der Waals surface area (Å²) in [6, 6.07) is 3.69. The second kappa shape index (κ2) is 6.71. The highest BCUT2D eigenvalue weighted by Crippen LogP contribution is 2.50. The summed E-state index contributed by atoms with van der Waals surface area (Å²) in [5.74, 6) is 0.953. The molecule has 0 saturated carbocycles. The average Bonchev–Trinajstić information content (AvgIpc) is 3.29. The first-order valence-corrected chi connectivity index (χ1v) is 10.4. The smallest absolute Gasteiger partial charge is 0.232 e. The van der Waals surface area contributed by atoms with Crippen LogP contribution in [0, 0.1) is 5.41 Å². The van der Waals surface area contributed by atoms with E-state index >= 15 is 0 Å². The van der Waals surface area contributed by atoms with Crippen LogP contribution >= 0.6 is 0 Å². The quantitative estimate of drug-likeness (QED) is 0.798. The van der Waals surface area contributed by atoms with Gasteiger partial charge in [0.25, 0.3) is 0 Å². The van der Waals surface area contributed by atoms with Gasteiger partial charge >= 0.3 is 0 Å². The molecule has 2 fully saturated rings. The zero-order chi connectivity index (χ0) is 18.2. The number of pyridine rings is 1. The molecule has 1 unspecified atom stereocenters. The van der Waals surface area contributed by atoms with Crippen LogP contribution in [0.4, 0.5) is 0 Å². The molecule has 2 aliphatic rings. The Hall–Kier alpha value is -1.84. The van der Waals surface area contributed by atoms with E-state index in [9.17, 15) is 8.42 Å². The number of ether oxygens (including phenoxy) is 1. The van der Waals surface area contributed by atoms with Crippen molar-refractivity contribution in [3.8, 4) is 11.4 Å². The highest BCUT2D eigenvalue weighted by atomic mass is 32.2. The van der Waals surface area contributed by atoms with Crippen LogP contribution in [-0.2, 0) is 14.8 Å². The molecule has 0 bridgehead atoms. The number of aromatic nitrogens is 3. The van der Waals surface area contributed by atoms with Crippen LogP contribution in [0.2, 0.25) is 0 Å². The predicted octanol–water partition coefficient (Wildman–Crippen LogP) is 1.68. The molecule has 2 aliphatic heterocycles. The van der Waals surface area contributed by atoms with E-state index in [-0.39, 0.29) is 17.1 Å². The zero-order valence-electron chi connectivity index (χ0n) is 14.7. The monoisotopic (exact) mass is 378 g/mol. The third kappa shape index (κ3) is 3.04. The first-order valence-electron chi connectivity index (χ1n) is 8.84. The Morgan fingerprint density at radius 1 is 1.35 bits per heavy atom. The highest BCUT2D eigenvalue weighted by molar-refractivity contribution is 7.89. The summed E-state index contributed by atoms with van der Waals surface area (Å²) in [7, 11) is -3.27. The Balaban J connectivity index is 1.68. The third-order valence-electron chi connectivity index (χ3n) is 5.52. The summed E-state index contributed by atoms with van der Waals surface area (Å²) < 4.78 is 37.6. The molecule has 2 saturated heterocycles. The van der Waals surface area contributed by atoms with E-state index < -0.39 is 10.0 Å². The van der Waals surface area contributed by atoms with Crippen LogP contribution in [0.25, 0.3) is 11.4 Å². The molecule has 8 nitrogen and oxygen atoms in total. The van der Waals surface area contributed by atoms with Crippen LogP contribution < -0.4 is 0 Å². The van der Waals surface area contributed by atoms with Gasteiger partial charge in [-0.15, -0.1) is 0 Å². The first kappa shape index (κ1) is 17.6. The molecule has 2 aromatic rings. The molecule has 4 heterocycles. The molecule has 1 atom stereocenters. The Kier molecular flexibility index (Phi) is 4.54. The summed E-state index contributed by atoms with van der Waals surface area (Å²) in [4.78, 5) is 8.66. The van der Waals surface area contributed by atoms with Crippen LogP contribution in [0.5, 0.6) is 0 Å². The lowest BCUT2D eigenvalue weighted by atomic mass is 9.72. The van der Waals surface area contributed by atoms with E-state index in [0.717, 1.165) is 18.4 Å². The summed E-state index contributed by atoms with van der Waals surface area (Å²) in [5.41, 5.74) is 0.568. The topological polar surface area (TPSA) is 98.4 Å². The van der Waals surface area contributed by atoms with E-state index in [2.05, 4.69) is 15.1 Å². The van der Waals surface area contributed by atoms with E-state index in [4.69, 9.17) is 9.26 Å². The van der Waals surface area contributed by atoms with Crippen molar-refractivity contribution < 1.29 is 17.7 Å². The van der Waals surface area contributed by atoms with Crippen molar-refractivity contribution in [3.63, 3.8) is 0 Å². The van der Waals surface area contributed by atoms with Gasteiger partial charge in [0.15, 0.2) is 0 Å². The lowest BCUT2D eigenvalue weighted by Crippen LogP contribution is -2.37. The van der Waals surface area contributed by atoms with Crippen molar-refractivity contribution in [1.82, 2.24) is 19.4 Å². The number of sulfonamides is 1. The van der Waals surface area contributed by atoms with E-state index in [1.54, 1.807) is 23.6 Å². The molecular formula is C17H22N4O4S. The lowest BCUT2D eigenvalue weighted by Gasteiger charge is -2.36. The number of nitrogens with zero attached hydrogens (tertiary/aromatic N) is 4. The number of rotatable bonds is 4. The third-order valence-corrected chi connectivity index (χ3v) is 7.32. The molecule has 0 radical (unpaired) electrons. The Morgan fingerprint density at radius 3 is 2.85 bits per heavy atom. The van der Waals surface area contributed by atoms with Crippen molar-refractivity contribution >= 4 is 10.0 Å². The van der Waals surface area contributed by atoms with Crippen LogP contribution in [0.1, 0.15) is 31.6 Å². The molecule has 0 aromatic carbocycles. The van der Waals surface area contributed by atoms with Gasteiger partial charge in [-0.2, -0.15) is 4.98 Å². The molecule has 0 N–H and O–H groups in total. The van der Waals surface area contributed by atoms with Crippen molar-refractivity contribution in [2.75, 3.05) is 32.1 Å². The molecule has 140 valence electrons. The van der Waals surface area contributed by atoms with Gasteiger partial charge in [0.2, 0.25) is 21.7 Å². The van der Waals surface area contributed by atoms with E-state index in [1.165, 1.54) is 0 Å². The fourth-order valence-electron chi connectivity index (χ4n) is 3.93. The van der Waals surface area contributed by atoms with Gasteiger partial charge in [0.1, 0.15) is 0 Å². The van der Waals surface area contributed by atoms with Gasteiger partial charge in [-0.3, -0.25) is 4.98 Å². The molecular weight excluding hydrogens is 356 g/mol. The second-order valence-electron chi connectivity index (χ2n) is 6.92. The lowest BCUT2D eigenvalue weighted by molar-refractivity contribution is 0.0104. The summed E-state index contributed by atoms with van der Waals surface area (Å²) >= 11 is 0. The van der Waals surface area contributed by atoms with Gasteiger partial charge in [-0.1, -0.05) is 5.16 Å². The minimum Gasteiger partial charge on any atom is -0.381 e. The SMILES string of the molecule is CCS(=O)(=O)N1CC(c2nc(-c3cccnc3)no2)C2(CCOCC2)C1. The molecule has 4 rings (SSSR count). The Morgan fingerprint density at radius 2 is 2.15 bits per heavy atom. The minimum atomic E-state index is -3.27. The summed E-state index contributed by atoms with van der Waals surface area (Å²) in [6.45, 7) is 3.79. The average molecular weight is 378 g/mol. The standard InChI is InChI=1S/C17H22N4O4S/c1-2-26(22,23)21-11-14(17(12-21)5-8-24-9-6-17)16-19-15(20-25-16)13-4-3-7-18-10-13/h3-4,7,10,14H,2,5-6,8-9,11-12H2,1H3. The Bertz CT molecular complexity index is 862. The largest absolute Gasteiger partial charge is 0.381 e. The molecule has 26 heavy (non-hydrogen) atoms. The van der Waals surface area contributed by atoms with Crippen LogP contribution in [-0.4, -0.2) is 59.9 Å². The molecule has 0 aliphatic carbocycles. The number of hydrogen-bond acceptors (Lipinski definition) is 7. The van der Waals surface area contributed by atoms with Gasteiger partial charge in [-0.05, 0) is 31.9 Å². The van der Waals surface area contributed by atoms with E-state index in [0.29, 0.717) is 38.0 Å². The normalized spacial score (nSPS) is 23.5. The minimum absolute atomic E-state index is 0.0943. The summed E-state index contributed by atoms with van der Waals surface area (Å²) in [5, 5.41) is 4.09.